The van der Waals surface area contributed by atoms with Crippen LogP contribution < -0.4 is 10.7 Å². The average Bonchev–Trinajstić information content (AvgIpc) is 2.87. The van der Waals surface area contributed by atoms with E-state index in [1.807, 2.05) is 78.2 Å². The topological polar surface area (TPSA) is 51.1 Å². The number of aromatic nitrogens is 1. The van der Waals surface area contributed by atoms with Gasteiger partial charge in [-0.25, -0.2) is 0 Å². The lowest BCUT2D eigenvalue weighted by atomic mass is 10.0. The number of para-hydroxylation sites is 2. The molecule has 0 saturated carbocycles. The monoisotopic (exact) mass is 432 g/mol. The molecule has 0 saturated heterocycles. The number of amides is 1. The fourth-order valence-electron chi connectivity index (χ4n) is 4.36. The molecule has 1 unspecified atom stereocenters. The van der Waals surface area contributed by atoms with Crippen LogP contribution in [0.5, 0.6) is 0 Å². The molecule has 0 aliphatic rings. The molecule has 1 atom stereocenters. The molecule has 4 nitrogen and oxygen atoms in total. The highest BCUT2D eigenvalue weighted by atomic mass is 16.2. The minimum atomic E-state index is -0.140. The summed E-state index contributed by atoms with van der Waals surface area (Å²) in [5, 5.41) is 4.35. The summed E-state index contributed by atoms with van der Waals surface area (Å²) in [5.74, 6) is -0.103. The summed E-state index contributed by atoms with van der Waals surface area (Å²) in [6.07, 6.45) is 0. The second-order valence-electron chi connectivity index (χ2n) is 8.23. The van der Waals surface area contributed by atoms with Gasteiger partial charge in [-0.15, -0.1) is 0 Å². The summed E-state index contributed by atoms with van der Waals surface area (Å²) < 4.78 is 1.92. The third kappa shape index (κ3) is 4.03. The number of fused-ring (bicyclic) bond motifs is 2. The first-order valence-electron chi connectivity index (χ1n) is 11.1. The van der Waals surface area contributed by atoms with Gasteiger partial charge in [0.05, 0.1) is 17.1 Å². The molecule has 162 valence electrons. The van der Waals surface area contributed by atoms with Gasteiger partial charge in [0, 0.05) is 10.8 Å². The number of rotatable bonds is 5. The van der Waals surface area contributed by atoms with E-state index in [-0.39, 0.29) is 23.9 Å². The van der Waals surface area contributed by atoms with Crippen LogP contribution in [0.4, 0.5) is 0 Å². The lowest BCUT2D eigenvalue weighted by Gasteiger charge is -2.18. The molecule has 1 amide bonds. The SMILES string of the molecule is CC(NC(=O)Cn1c2ccccc2c(=O)c2ccccc21)c1ccc(-c2ccccc2)cc1. The van der Waals surface area contributed by atoms with Crippen LogP contribution >= 0.6 is 0 Å². The van der Waals surface area contributed by atoms with Crippen LogP contribution in [0.2, 0.25) is 0 Å². The molecule has 0 bridgehead atoms. The number of hydrogen-bond donors (Lipinski definition) is 1. The largest absolute Gasteiger partial charge is 0.348 e. The number of carbonyl (C=O) groups excluding carboxylic acids is 1. The van der Waals surface area contributed by atoms with Crippen LogP contribution in [0, 0.1) is 0 Å². The molecular formula is C29H24N2O2. The molecule has 0 spiro atoms. The Balaban J connectivity index is 1.40. The van der Waals surface area contributed by atoms with Crippen molar-refractivity contribution in [3.63, 3.8) is 0 Å². The molecule has 5 rings (SSSR count). The second-order valence-corrected chi connectivity index (χ2v) is 8.23. The van der Waals surface area contributed by atoms with Crippen molar-refractivity contribution in [2.45, 2.75) is 19.5 Å². The highest BCUT2D eigenvalue weighted by Gasteiger charge is 2.15. The Hall–Kier alpha value is -4.18. The lowest BCUT2D eigenvalue weighted by Crippen LogP contribution is -2.30. The predicted molar refractivity (Wildman–Crippen MR) is 134 cm³/mol. The van der Waals surface area contributed by atoms with Crippen molar-refractivity contribution in [3.8, 4) is 11.1 Å². The molecule has 1 aromatic heterocycles. The van der Waals surface area contributed by atoms with E-state index in [0.29, 0.717) is 10.8 Å². The van der Waals surface area contributed by atoms with E-state index < -0.39 is 0 Å². The second kappa shape index (κ2) is 8.75. The molecule has 0 fully saturated rings. The standard InChI is InChI=1S/C29H24N2O2/c1-20(21-15-17-23(18-16-21)22-9-3-2-4-10-22)30-28(32)19-31-26-13-7-5-11-24(26)29(33)25-12-6-8-14-27(25)31/h2-18,20H,19H2,1H3,(H,30,32). The zero-order valence-corrected chi connectivity index (χ0v) is 18.4. The van der Waals surface area contributed by atoms with E-state index in [0.717, 1.165) is 27.7 Å². The predicted octanol–water partition coefficient (Wildman–Crippen LogP) is 5.70. The maximum atomic E-state index is 13.0. The van der Waals surface area contributed by atoms with Crippen LogP contribution in [0.25, 0.3) is 32.9 Å². The van der Waals surface area contributed by atoms with Crippen LogP contribution in [0.1, 0.15) is 18.5 Å². The van der Waals surface area contributed by atoms with Gasteiger partial charge in [-0.05, 0) is 47.9 Å². The fraction of sp³-hybridized carbons (Fsp3) is 0.103. The first-order valence-corrected chi connectivity index (χ1v) is 11.1. The Morgan fingerprint density at radius 3 is 1.85 bits per heavy atom. The summed E-state index contributed by atoms with van der Waals surface area (Å²) in [6.45, 7) is 2.12. The first kappa shape index (κ1) is 20.7. The van der Waals surface area contributed by atoms with Crippen LogP contribution in [-0.4, -0.2) is 10.5 Å². The number of pyridine rings is 1. The van der Waals surface area contributed by atoms with Crippen molar-refractivity contribution < 1.29 is 4.79 Å². The summed E-state index contributed by atoms with van der Waals surface area (Å²) in [4.78, 5) is 26.0. The van der Waals surface area contributed by atoms with E-state index in [9.17, 15) is 9.59 Å². The maximum absolute atomic E-state index is 13.0. The van der Waals surface area contributed by atoms with Crippen molar-refractivity contribution in [2.75, 3.05) is 0 Å². The number of benzene rings is 4. The van der Waals surface area contributed by atoms with E-state index in [1.165, 1.54) is 0 Å². The smallest absolute Gasteiger partial charge is 0.240 e. The van der Waals surface area contributed by atoms with Gasteiger partial charge in [-0.3, -0.25) is 9.59 Å². The number of nitrogens with zero attached hydrogens (tertiary/aromatic N) is 1. The molecule has 4 aromatic carbocycles. The van der Waals surface area contributed by atoms with Crippen molar-refractivity contribution in [2.24, 2.45) is 0 Å². The lowest BCUT2D eigenvalue weighted by molar-refractivity contribution is -0.122. The maximum Gasteiger partial charge on any atom is 0.240 e. The Kier molecular flexibility index (Phi) is 5.49. The third-order valence-corrected chi connectivity index (χ3v) is 6.08. The summed E-state index contributed by atoms with van der Waals surface area (Å²) in [6, 6.07) is 33.2. The zero-order chi connectivity index (χ0) is 22.8. The van der Waals surface area contributed by atoms with Crippen molar-refractivity contribution >= 4 is 27.7 Å². The Labute approximate surface area is 192 Å². The van der Waals surface area contributed by atoms with E-state index in [2.05, 4.69) is 41.7 Å². The van der Waals surface area contributed by atoms with E-state index >= 15 is 0 Å². The highest BCUT2D eigenvalue weighted by Crippen LogP contribution is 2.22. The fourth-order valence-corrected chi connectivity index (χ4v) is 4.36. The van der Waals surface area contributed by atoms with Crippen molar-refractivity contribution in [1.82, 2.24) is 9.88 Å². The molecule has 0 aliphatic heterocycles. The quantitative estimate of drug-likeness (QED) is 0.362. The molecule has 4 heteroatoms. The minimum absolute atomic E-state index is 0.00951. The summed E-state index contributed by atoms with van der Waals surface area (Å²) in [7, 11) is 0. The van der Waals surface area contributed by atoms with Crippen LogP contribution in [0.3, 0.4) is 0 Å². The van der Waals surface area contributed by atoms with Crippen LogP contribution in [0.15, 0.2) is 108 Å². The summed E-state index contributed by atoms with van der Waals surface area (Å²) in [5.41, 5.74) is 4.86. The van der Waals surface area contributed by atoms with E-state index in [4.69, 9.17) is 0 Å². The Morgan fingerprint density at radius 1 is 0.727 bits per heavy atom. The normalized spacial score (nSPS) is 12.0. The van der Waals surface area contributed by atoms with E-state index in [1.54, 1.807) is 0 Å². The Morgan fingerprint density at radius 2 is 1.24 bits per heavy atom. The molecule has 5 aromatic rings. The molecule has 0 radical (unpaired) electrons. The van der Waals surface area contributed by atoms with Gasteiger partial charge in [-0.1, -0.05) is 78.9 Å². The Bertz CT molecular complexity index is 1440. The van der Waals surface area contributed by atoms with Crippen molar-refractivity contribution in [3.05, 3.63) is 119 Å². The van der Waals surface area contributed by atoms with Crippen LogP contribution in [-0.2, 0) is 11.3 Å². The molecule has 33 heavy (non-hydrogen) atoms. The van der Waals surface area contributed by atoms with Gasteiger partial charge in [0.2, 0.25) is 5.91 Å². The third-order valence-electron chi connectivity index (χ3n) is 6.08. The zero-order valence-electron chi connectivity index (χ0n) is 18.4. The highest BCUT2D eigenvalue weighted by molar-refractivity contribution is 5.94. The summed E-state index contributed by atoms with van der Waals surface area (Å²) >= 11 is 0. The van der Waals surface area contributed by atoms with Gasteiger partial charge in [0.25, 0.3) is 0 Å². The number of nitrogens with one attached hydrogen (secondary N) is 1. The van der Waals surface area contributed by atoms with Gasteiger partial charge in [0.15, 0.2) is 5.43 Å². The van der Waals surface area contributed by atoms with Gasteiger partial charge in [-0.2, -0.15) is 0 Å². The molecule has 1 N–H and O–H groups in total. The molecular weight excluding hydrogens is 408 g/mol. The van der Waals surface area contributed by atoms with Gasteiger partial charge >= 0.3 is 0 Å². The van der Waals surface area contributed by atoms with Gasteiger partial charge in [0.1, 0.15) is 6.54 Å². The minimum Gasteiger partial charge on any atom is -0.348 e. The molecule has 1 heterocycles. The number of hydrogen-bond acceptors (Lipinski definition) is 2. The number of carbonyl (C=O) groups is 1. The van der Waals surface area contributed by atoms with Crippen molar-refractivity contribution in [1.29, 1.82) is 0 Å². The molecule has 0 aliphatic carbocycles. The first-order chi connectivity index (χ1) is 16.1. The average molecular weight is 433 g/mol. The van der Waals surface area contributed by atoms with Gasteiger partial charge < -0.3 is 9.88 Å².